The Balaban J connectivity index is 0.000000716. The zero-order valence-corrected chi connectivity index (χ0v) is 22.8. The maximum Gasteiger partial charge on any atom is 0.148 e. The Morgan fingerprint density at radius 1 is 1.00 bits per heavy atom. The highest BCUT2D eigenvalue weighted by Crippen LogP contribution is 2.37. The molecule has 4 rings (SSSR count). The van der Waals surface area contributed by atoms with Crippen LogP contribution in [-0.4, -0.2) is 43.5 Å². The molecule has 0 amide bonds. The lowest BCUT2D eigenvalue weighted by Crippen LogP contribution is -2.29. The number of rotatable bonds is 8. The second-order valence-corrected chi connectivity index (χ2v) is 8.72. The van der Waals surface area contributed by atoms with Crippen LogP contribution in [0.25, 0.3) is 11.1 Å². The molecule has 37 heavy (non-hydrogen) atoms. The van der Waals surface area contributed by atoms with Gasteiger partial charge in [0, 0.05) is 11.3 Å². The van der Waals surface area contributed by atoms with E-state index < -0.39 is 0 Å². The van der Waals surface area contributed by atoms with E-state index in [4.69, 9.17) is 26.2 Å². The summed E-state index contributed by atoms with van der Waals surface area (Å²) in [6.45, 7) is 6.59. The van der Waals surface area contributed by atoms with Crippen molar-refractivity contribution in [2.24, 2.45) is 0 Å². The Labute approximate surface area is 228 Å². The van der Waals surface area contributed by atoms with E-state index in [1.165, 1.54) is 31.3 Å². The Morgan fingerprint density at radius 3 is 2.05 bits per heavy atom. The van der Waals surface area contributed by atoms with Crippen molar-refractivity contribution >= 4 is 23.4 Å². The van der Waals surface area contributed by atoms with Gasteiger partial charge in [-0.25, -0.2) is 4.98 Å². The van der Waals surface area contributed by atoms with Crippen molar-refractivity contribution in [2.45, 2.75) is 31.0 Å². The van der Waals surface area contributed by atoms with Gasteiger partial charge in [-0.2, -0.15) is 10.5 Å². The minimum Gasteiger partial charge on any atom is -0.497 e. The number of nitrogens with one attached hydrogen (secondary N) is 1. The van der Waals surface area contributed by atoms with Crippen molar-refractivity contribution in [3.05, 3.63) is 70.4 Å². The van der Waals surface area contributed by atoms with E-state index in [-0.39, 0.29) is 23.9 Å². The van der Waals surface area contributed by atoms with Gasteiger partial charge in [0.2, 0.25) is 0 Å². The molecule has 2 N–H and O–H groups in total. The number of pyridine rings is 1. The normalized spacial score (nSPS) is 11.3. The van der Waals surface area contributed by atoms with Crippen molar-refractivity contribution < 1.29 is 14.6 Å². The summed E-state index contributed by atoms with van der Waals surface area (Å²) in [5, 5.41) is 32.0. The van der Waals surface area contributed by atoms with E-state index in [0.717, 1.165) is 11.3 Å². The number of ether oxygens (including phenoxy) is 2. The molecule has 2 heterocycles. The molecule has 0 saturated carbocycles. The van der Waals surface area contributed by atoms with Crippen LogP contribution >= 0.6 is 23.4 Å². The summed E-state index contributed by atoms with van der Waals surface area (Å²) < 4.78 is 10.6. The lowest BCUT2D eigenvalue weighted by atomic mass is 9.97. The molecule has 0 spiro atoms. The largest absolute Gasteiger partial charge is 0.497 e. The first-order chi connectivity index (χ1) is 18.1. The zero-order chi connectivity index (χ0) is 27.0. The summed E-state index contributed by atoms with van der Waals surface area (Å²) in [6, 6.07) is 18.8. The molecule has 0 aliphatic carbocycles. The number of halogens is 1. The van der Waals surface area contributed by atoms with Crippen LogP contribution in [0.2, 0.25) is 5.15 Å². The smallest absolute Gasteiger partial charge is 0.148 e. The number of aromatic nitrogens is 1. The molecule has 3 aromatic rings. The Bertz CT molecular complexity index is 1200. The Kier molecular flexibility index (Phi) is 13.3. The fourth-order valence-electron chi connectivity index (χ4n) is 3.07. The van der Waals surface area contributed by atoms with Gasteiger partial charge in [0.25, 0.3) is 0 Å². The van der Waals surface area contributed by atoms with Crippen LogP contribution in [0.3, 0.4) is 0 Å². The van der Waals surface area contributed by atoms with Gasteiger partial charge in [-0.3, -0.25) is 0 Å². The average molecular weight is 539 g/mol. The topological polar surface area (TPSA) is 111 Å². The van der Waals surface area contributed by atoms with E-state index in [9.17, 15) is 10.5 Å². The maximum atomic E-state index is 9.88. The summed E-state index contributed by atoms with van der Waals surface area (Å²) >= 11 is 7.68. The summed E-state index contributed by atoms with van der Waals surface area (Å²) in [5.41, 5.74) is 2.57. The number of aliphatic hydroxyl groups excluding tert-OH is 1. The fraction of sp³-hybridized carbons (Fsp3) is 0.321. The first-order valence-corrected chi connectivity index (χ1v) is 13.3. The van der Waals surface area contributed by atoms with Crippen LogP contribution in [0, 0.1) is 22.7 Å². The molecule has 7 nitrogen and oxygen atoms in total. The van der Waals surface area contributed by atoms with Gasteiger partial charge >= 0.3 is 0 Å². The molecule has 0 bridgehead atoms. The quantitative estimate of drug-likeness (QED) is 0.272. The predicted octanol–water partition coefficient (Wildman–Crippen LogP) is 5.82. The number of nitrogens with zero attached hydrogens (tertiary/aromatic N) is 3. The highest BCUT2D eigenvalue weighted by molar-refractivity contribution is 7.98. The molecular weight excluding hydrogens is 508 g/mol. The molecule has 2 aromatic carbocycles. The highest BCUT2D eigenvalue weighted by Gasteiger charge is 2.21. The van der Waals surface area contributed by atoms with Crippen molar-refractivity contribution in [1.29, 1.82) is 10.5 Å². The zero-order valence-electron chi connectivity index (χ0n) is 21.3. The number of thioether (sulfide) groups is 1. The SMILES string of the molecule is C1CNC1.CC.COc1ccc(CSc2nc(Cl)c(C#N)c(-c3ccc(OCCO)cc3)c2C#N)cc1. The molecule has 0 atom stereocenters. The van der Waals surface area contributed by atoms with Gasteiger partial charge in [0.1, 0.15) is 40.4 Å². The van der Waals surface area contributed by atoms with Crippen LogP contribution in [0.4, 0.5) is 0 Å². The van der Waals surface area contributed by atoms with Crippen LogP contribution in [-0.2, 0) is 5.75 Å². The summed E-state index contributed by atoms with van der Waals surface area (Å²) in [7, 11) is 1.61. The van der Waals surface area contributed by atoms with E-state index >= 15 is 0 Å². The van der Waals surface area contributed by atoms with Crippen molar-refractivity contribution in [2.75, 3.05) is 33.4 Å². The van der Waals surface area contributed by atoms with Gasteiger partial charge in [-0.1, -0.05) is 49.7 Å². The minimum absolute atomic E-state index is 0.0503. The number of benzene rings is 2. The van der Waals surface area contributed by atoms with E-state index in [1.54, 1.807) is 31.4 Å². The maximum absolute atomic E-state index is 9.88. The predicted molar refractivity (Wildman–Crippen MR) is 148 cm³/mol. The average Bonchev–Trinajstić information content (AvgIpc) is 2.91. The Morgan fingerprint density at radius 2 is 1.57 bits per heavy atom. The monoisotopic (exact) mass is 538 g/mol. The third kappa shape index (κ3) is 8.66. The van der Waals surface area contributed by atoms with Crippen molar-refractivity contribution in [3.8, 4) is 34.8 Å². The second kappa shape index (κ2) is 16.5. The third-order valence-corrected chi connectivity index (χ3v) is 6.41. The lowest BCUT2D eigenvalue weighted by molar-refractivity contribution is 0.201. The standard InChI is InChI=1S/C23H18ClN3O3S.C3H7N.C2H6/c1-29-17-6-2-15(3-7-17)14-31-23-20(13-26)21(19(12-25)22(24)27-23)16-4-8-18(9-5-16)30-11-10-28;1-2-4-3-1;1-2/h2-9,28H,10-11,14H2,1H3;4H,1-3H2;1-2H3. The summed E-state index contributed by atoms with van der Waals surface area (Å²) in [6.07, 6.45) is 1.39. The lowest BCUT2D eigenvalue weighted by Gasteiger charge is -2.13. The molecule has 1 aliphatic heterocycles. The van der Waals surface area contributed by atoms with Gasteiger partial charge < -0.3 is 19.9 Å². The number of aliphatic hydroxyl groups is 1. The summed E-state index contributed by atoms with van der Waals surface area (Å²) in [5.74, 6) is 1.91. The molecular formula is C28H31ClN4O3S. The first-order valence-electron chi connectivity index (χ1n) is 12.0. The molecule has 1 fully saturated rings. The molecule has 194 valence electrons. The molecule has 0 radical (unpaired) electrons. The van der Waals surface area contributed by atoms with Crippen LogP contribution < -0.4 is 14.8 Å². The fourth-order valence-corrected chi connectivity index (χ4v) is 4.28. The Hall–Kier alpha value is -3.27. The van der Waals surface area contributed by atoms with Gasteiger partial charge in [-0.15, -0.1) is 11.8 Å². The van der Waals surface area contributed by atoms with Gasteiger partial charge in [-0.05, 0) is 54.9 Å². The molecule has 1 aliphatic rings. The summed E-state index contributed by atoms with van der Waals surface area (Å²) in [4.78, 5) is 4.31. The van der Waals surface area contributed by atoms with Crippen LogP contribution in [0.5, 0.6) is 11.5 Å². The second-order valence-electron chi connectivity index (χ2n) is 7.39. The van der Waals surface area contributed by atoms with E-state index in [2.05, 4.69) is 22.4 Å². The van der Waals surface area contributed by atoms with Crippen LogP contribution in [0.15, 0.2) is 53.6 Å². The number of methoxy groups -OCH3 is 1. The van der Waals surface area contributed by atoms with E-state index in [1.807, 2.05) is 38.1 Å². The number of hydrogen-bond donors (Lipinski definition) is 2. The molecule has 1 aromatic heterocycles. The minimum atomic E-state index is -0.0896. The number of nitriles is 2. The van der Waals surface area contributed by atoms with Gasteiger partial charge in [0.15, 0.2) is 0 Å². The van der Waals surface area contributed by atoms with Crippen molar-refractivity contribution in [1.82, 2.24) is 10.3 Å². The molecule has 0 unspecified atom stereocenters. The number of hydrogen-bond acceptors (Lipinski definition) is 8. The van der Waals surface area contributed by atoms with E-state index in [0.29, 0.717) is 33.2 Å². The third-order valence-electron chi connectivity index (χ3n) is 5.09. The first kappa shape index (κ1) is 30.0. The van der Waals surface area contributed by atoms with Crippen LogP contribution in [0.1, 0.15) is 37.0 Å². The van der Waals surface area contributed by atoms with Crippen molar-refractivity contribution in [3.63, 3.8) is 0 Å². The molecule has 1 saturated heterocycles. The molecule has 9 heteroatoms. The van der Waals surface area contributed by atoms with Gasteiger partial charge in [0.05, 0.1) is 24.8 Å². The highest BCUT2D eigenvalue weighted by atomic mass is 35.5.